The lowest BCUT2D eigenvalue weighted by molar-refractivity contribution is 0.543. The molecule has 102 valence electrons. The van der Waals surface area contributed by atoms with E-state index in [0.29, 0.717) is 5.92 Å². The number of anilines is 1. The van der Waals surface area contributed by atoms with Crippen LogP contribution >= 0.6 is 0 Å². The zero-order valence-corrected chi connectivity index (χ0v) is 12.3. The molecular formula is C14H26N4. The second-order valence-corrected chi connectivity index (χ2v) is 4.85. The minimum Gasteiger partial charge on any atom is -0.356 e. The Balaban J connectivity index is 2.98. The number of hydrogen-bond donors (Lipinski definition) is 1. The fourth-order valence-corrected chi connectivity index (χ4v) is 1.94. The van der Waals surface area contributed by atoms with Crippen molar-refractivity contribution in [2.24, 2.45) is 5.92 Å². The van der Waals surface area contributed by atoms with Crippen molar-refractivity contribution in [3.63, 3.8) is 0 Å². The van der Waals surface area contributed by atoms with Gasteiger partial charge in [-0.15, -0.1) is 0 Å². The van der Waals surface area contributed by atoms with Gasteiger partial charge in [0.2, 0.25) is 0 Å². The summed E-state index contributed by atoms with van der Waals surface area (Å²) < 4.78 is 0. The summed E-state index contributed by atoms with van der Waals surface area (Å²) in [6.45, 7) is 11.5. The van der Waals surface area contributed by atoms with Crippen molar-refractivity contribution in [2.45, 2.75) is 40.7 Å². The summed E-state index contributed by atoms with van der Waals surface area (Å²) in [6, 6.07) is 0. The van der Waals surface area contributed by atoms with E-state index in [1.807, 2.05) is 20.2 Å². The van der Waals surface area contributed by atoms with Crippen LogP contribution in [-0.2, 0) is 6.54 Å². The molecule has 1 aromatic rings. The highest BCUT2D eigenvalue weighted by Crippen LogP contribution is 2.19. The summed E-state index contributed by atoms with van der Waals surface area (Å²) in [5, 5.41) is 3.18. The van der Waals surface area contributed by atoms with Gasteiger partial charge in [-0.3, -0.25) is 0 Å². The zero-order chi connectivity index (χ0) is 13.5. The summed E-state index contributed by atoms with van der Waals surface area (Å²) in [4.78, 5) is 11.3. The number of hydrogen-bond acceptors (Lipinski definition) is 4. The Morgan fingerprint density at radius 1 is 1.39 bits per heavy atom. The fraction of sp³-hybridized carbons (Fsp3) is 0.714. The fourth-order valence-electron chi connectivity index (χ4n) is 1.94. The van der Waals surface area contributed by atoms with Gasteiger partial charge in [0, 0.05) is 31.4 Å². The average Bonchev–Trinajstić information content (AvgIpc) is 2.38. The highest BCUT2D eigenvalue weighted by Gasteiger charge is 2.14. The second-order valence-electron chi connectivity index (χ2n) is 4.85. The quantitative estimate of drug-likeness (QED) is 0.806. The summed E-state index contributed by atoms with van der Waals surface area (Å²) in [5.41, 5.74) is 1.17. The third-order valence-corrected chi connectivity index (χ3v) is 3.24. The van der Waals surface area contributed by atoms with Crippen molar-refractivity contribution >= 4 is 5.82 Å². The van der Waals surface area contributed by atoms with Crippen LogP contribution < -0.4 is 10.2 Å². The molecule has 1 aromatic heterocycles. The molecule has 0 spiro atoms. The topological polar surface area (TPSA) is 41.1 Å². The predicted octanol–water partition coefficient (Wildman–Crippen LogP) is 2.38. The van der Waals surface area contributed by atoms with Crippen LogP contribution in [-0.4, -0.2) is 30.1 Å². The van der Waals surface area contributed by atoms with Gasteiger partial charge < -0.3 is 10.2 Å². The van der Waals surface area contributed by atoms with Gasteiger partial charge in [-0.05, 0) is 26.8 Å². The number of aromatic nitrogens is 2. The zero-order valence-electron chi connectivity index (χ0n) is 12.3. The number of nitrogens with zero attached hydrogens (tertiary/aromatic N) is 3. The molecule has 0 amide bonds. The average molecular weight is 250 g/mol. The summed E-state index contributed by atoms with van der Waals surface area (Å²) in [7, 11) is 1.95. The van der Waals surface area contributed by atoms with Gasteiger partial charge in [-0.2, -0.15) is 0 Å². The summed E-state index contributed by atoms with van der Waals surface area (Å²) in [5.74, 6) is 2.61. The van der Waals surface area contributed by atoms with E-state index in [9.17, 15) is 0 Å². The first-order valence-corrected chi connectivity index (χ1v) is 6.84. The number of aryl methyl sites for hydroxylation is 1. The van der Waals surface area contributed by atoms with Crippen LogP contribution in [0.4, 0.5) is 5.82 Å². The molecule has 1 N–H and O–H groups in total. The van der Waals surface area contributed by atoms with Crippen LogP contribution in [0.2, 0.25) is 0 Å². The van der Waals surface area contributed by atoms with Crippen LogP contribution in [0.15, 0.2) is 6.20 Å². The van der Waals surface area contributed by atoms with Gasteiger partial charge in [0.25, 0.3) is 0 Å². The molecule has 0 saturated heterocycles. The lowest BCUT2D eigenvalue weighted by Crippen LogP contribution is -2.30. The van der Waals surface area contributed by atoms with Crippen LogP contribution in [0, 0.1) is 12.8 Å². The maximum absolute atomic E-state index is 4.63. The highest BCUT2D eigenvalue weighted by atomic mass is 15.2. The molecule has 18 heavy (non-hydrogen) atoms. The first-order chi connectivity index (χ1) is 8.62. The van der Waals surface area contributed by atoms with E-state index in [0.717, 1.165) is 31.3 Å². The molecule has 0 fully saturated rings. The molecule has 0 aliphatic rings. The monoisotopic (exact) mass is 250 g/mol. The standard InChI is InChI=1S/C14H26N4/c1-6-11(3)10-18(7-2)14-13(8-15-5)9-16-12(4)17-14/h9,11,15H,6-8,10H2,1-5H3. The molecular weight excluding hydrogens is 224 g/mol. The van der Waals surface area contributed by atoms with Gasteiger partial charge in [0.05, 0.1) is 0 Å². The van der Waals surface area contributed by atoms with Crippen LogP contribution in [0.1, 0.15) is 38.6 Å². The Morgan fingerprint density at radius 2 is 2.11 bits per heavy atom. The Morgan fingerprint density at radius 3 is 2.67 bits per heavy atom. The smallest absolute Gasteiger partial charge is 0.136 e. The maximum atomic E-state index is 4.63. The maximum Gasteiger partial charge on any atom is 0.136 e. The third-order valence-electron chi connectivity index (χ3n) is 3.24. The van der Waals surface area contributed by atoms with Crippen molar-refractivity contribution in [3.8, 4) is 0 Å². The third kappa shape index (κ3) is 3.95. The summed E-state index contributed by atoms with van der Waals surface area (Å²) >= 11 is 0. The molecule has 0 aromatic carbocycles. The number of rotatable bonds is 7. The molecule has 1 unspecified atom stereocenters. The highest BCUT2D eigenvalue weighted by molar-refractivity contribution is 5.46. The SMILES string of the molecule is CCC(C)CN(CC)c1nc(C)ncc1CNC. The van der Waals surface area contributed by atoms with E-state index < -0.39 is 0 Å². The van der Waals surface area contributed by atoms with Crippen LogP contribution in [0.5, 0.6) is 0 Å². The van der Waals surface area contributed by atoms with Crippen molar-refractivity contribution in [1.29, 1.82) is 0 Å². The van der Waals surface area contributed by atoms with E-state index in [-0.39, 0.29) is 0 Å². The van der Waals surface area contributed by atoms with E-state index >= 15 is 0 Å². The molecule has 1 atom stereocenters. The molecule has 1 heterocycles. The lowest BCUT2D eigenvalue weighted by Gasteiger charge is -2.27. The van der Waals surface area contributed by atoms with Gasteiger partial charge >= 0.3 is 0 Å². The van der Waals surface area contributed by atoms with Crippen LogP contribution in [0.25, 0.3) is 0 Å². The molecule has 0 radical (unpaired) electrons. The first kappa shape index (κ1) is 14.9. The molecule has 4 nitrogen and oxygen atoms in total. The number of nitrogens with one attached hydrogen (secondary N) is 1. The minimum absolute atomic E-state index is 0.683. The summed E-state index contributed by atoms with van der Waals surface area (Å²) in [6.07, 6.45) is 3.13. The molecule has 1 rings (SSSR count). The van der Waals surface area contributed by atoms with Gasteiger partial charge in [-0.1, -0.05) is 20.3 Å². The largest absolute Gasteiger partial charge is 0.356 e. The second kappa shape index (κ2) is 7.31. The molecule has 4 heteroatoms. The van der Waals surface area contributed by atoms with Gasteiger partial charge in [0.1, 0.15) is 11.6 Å². The lowest BCUT2D eigenvalue weighted by atomic mass is 10.1. The van der Waals surface area contributed by atoms with Crippen molar-refractivity contribution in [1.82, 2.24) is 15.3 Å². The molecule has 0 saturated carbocycles. The van der Waals surface area contributed by atoms with E-state index in [1.165, 1.54) is 12.0 Å². The molecule has 0 bridgehead atoms. The van der Waals surface area contributed by atoms with Gasteiger partial charge in [0.15, 0.2) is 0 Å². The van der Waals surface area contributed by atoms with Crippen LogP contribution in [0.3, 0.4) is 0 Å². The molecule has 0 aliphatic heterocycles. The van der Waals surface area contributed by atoms with Crippen molar-refractivity contribution < 1.29 is 0 Å². The van der Waals surface area contributed by atoms with Gasteiger partial charge in [-0.25, -0.2) is 9.97 Å². The van der Waals surface area contributed by atoms with E-state index in [4.69, 9.17) is 0 Å². The minimum atomic E-state index is 0.683. The normalized spacial score (nSPS) is 12.5. The molecule has 0 aliphatic carbocycles. The Kier molecular flexibility index (Phi) is 6.05. The Hall–Kier alpha value is -1.16. The Bertz CT molecular complexity index is 365. The predicted molar refractivity (Wildman–Crippen MR) is 76.9 cm³/mol. The van der Waals surface area contributed by atoms with Crippen molar-refractivity contribution in [2.75, 3.05) is 25.0 Å². The Labute approximate surface area is 111 Å². The van der Waals surface area contributed by atoms with E-state index in [2.05, 4.69) is 41.0 Å². The van der Waals surface area contributed by atoms with Crippen molar-refractivity contribution in [3.05, 3.63) is 17.6 Å². The van der Waals surface area contributed by atoms with E-state index in [1.54, 1.807) is 0 Å². The first-order valence-electron chi connectivity index (χ1n) is 6.84.